The molecule has 4 heteroatoms. The lowest BCUT2D eigenvalue weighted by Gasteiger charge is -2.64. The molecular weight excluding hydrogens is 336 g/mol. The molecule has 4 aliphatic carbocycles. The van der Waals surface area contributed by atoms with Crippen molar-refractivity contribution in [3.63, 3.8) is 0 Å². The normalized spacial score (nSPS) is 49.8. The van der Waals surface area contributed by atoms with E-state index in [1.165, 1.54) is 44.9 Å². The summed E-state index contributed by atoms with van der Waals surface area (Å²) in [5.41, 5.74) is 1.90. The van der Waals surface area contributed by atoms with E-state index in [0.717, 1.165) is 18.6 Å². The molecule has 0 aliphatic heterocycles. The van der Waals surface area contributed by atoms with Gasteiger partial charge < -0.3 is 10.5 Å². The Hall–Kier alpha value is -1.50. The van der Waals surface area contributed by atoms with Gasteiger partial charge in [-0.05, 0) is 85.4 Å². The molecule has 4 rings (SSSR count). The monoisotopic (exact) mass is 370 g/mol. The van der Waals surface area contributed by atoms with E-state index in [1.807, 2.05) is 0 Å². The van der Waals surface area contributed by atoms with Crippen molar-refractivity contribution in [2.45, 2.75) is 78.6 Å². The van der Waals surface area contributed by atoms with Crippen LogP contribution in [-0.2, 0) is 4.79 Å². The molecule has 0 saturated heterocycles. The van der Waals surface area contributed by atoms with Crippen molar-refractivity contribution >= 4 is 11.6 Å². The number of nitrogens with zero attached hydrogens (tertiary/aromatic N) is 1. The van der Waals surface area contributed by atoms with Crippen molar-refractivity contribution in [2.24, 2.45) is 38.7 Å². The maximum absolute atomic E-state index is 11.7. The zero-order valence-corrected chi connectivity index (χ0v) is 17.1. The Morgan fingerprint density at radius 3 is 2.67 bits per heavy atom. The van der Waals surface area contributed by atoms with Gasteiger partial charge in [-0.1, -0.05) is 32.3 Å². The fraction of sp³-hybridized carbons (Fsp3) is 0.826. The second-order valence-electron chi connectivity index (χ2n) is 10.8. The number of rotatable bonds is 2. The van der Waals surface area contributed by atoms with Crippen molar-refractivity contribution < 1.29 is 10.0 Å². The van der Waals surface area contributed by atoms with Gasteiger partial charge in [0.15, 0.2) is 0 Å². The van der Waals surface area contributed by atoms with Gasteiger partial charge in [0.25, 0.3) is 5.91 Å². The molecule has 6 atom stereocenters. The lowest BCUT2D eigenvalue weighted by Crippen LogP contribution is -2.58. The Bertz CT molecular complexity index is 724. The maximum Gasteiger partial charge on any atom is 0.295 e. The predicted molar refractivity (Wildman–Crippen MR) is 106 cm³/mol. The molecule has 2 N–H and O–H groups in total. The van der Waals surface area contributed by atoms with Crippen LogP contribution in [0.25, 0.3) is 0 Å². The molecule has 0 radical (unpaired) electrons. The SMILES string of the molecule is C#CC(=O)NC[C@]1(C)CCC[C@]2(C)C1CC[C@@]13C/C(=N\O)[C@@](C)(CCC12)C3. The zero-order chi connectivity index (χ0) is 19.5. The quantitative estimate of drug-likeness (QED) is 0.431. The first-order valence-corrected chi connectivity index (χ1v) is 10.7. The summed E-state index contributed by atoms with van der Waals surface area (Å²) in [7, 11) is 0. The molecule has 1 spiro atoms. The van der Waals surface area contributed by atoms with Crippen LogP contribution in [-0.4, -0.2) is 23.4 Å². The summed E-state index contributed by atoms with van der Waals surface area (Å²) in [5.74, 6) is 3.22. The molecule has 0 aromatic rings. The third-order valence-electron chi connectivity index (χ3n) is 9.41. The smallest absolute Gasteiger partial charge is 0.295 e. The molecule has 2 bridgehead atoms. The van der Waals surface area contributed by atoms with Crippen LogP contribution in [0.2, 0.25) is 0 Å². The number of fused-ring (bicyclic) bond motifs is 3. The number of oxime groups is 1. The molecule has 0 aromatic heterocycles. The minimum atomic E-state index is -0.288. The molecule has 4 fully saturated rings. The van der Waals surface area contributed by atoms with E-state index in [1.54, 1.807) is 0 Å². The van der Waals surface area contributed by atoms with Gasteiger partial charge in [0.2, 0.25) is 0 Å². The summed E-state index contributed by atoms with van der Waals surface area (Å²) in [5, 5.41) is 16.4. The molecule has 4 saturated carbocycles. The highest BCUT2D eigenvalue weighted by atomic mass is 16.4. The topological polar surface area (TPSA) is 61.7 Å². The number of terminal acetylenes is 1. The van der Waals surface area contributed by atoms with Gasteiger partial charge in [0.1, 0.15) is 0 Å². The van der Waals surface area contributed by atoms with Crippen LogP contribution >= 0.6 is 0 Å². The van der Waals surface area contributed by atoms with E-state index in [4.69, 9.17) is 6.42 Å². The Labute approximate surface area is 163 Å². The fourth-order valence-corrected chi connectivity index (χ4v) is 8.36. The van der Waals surface area contributed by atoms with Crippen molar-refractivity contribution in [1.29, 1.82) is 0 Å². The number of carbonyl (C=O) groups is 1. The number of hydrogen-bond acceptors (Lipinski definition) is 3. The van der Waals surface area contributed by atoms with Crippen molar-refractivity contribution in [1.82, 2.24) is 5.32 Å². The second-order valence-corrected chi connectivity index (χ2v) is 10.8. The molecule has 1 amide bonds. The van der Waals surface area contributed by atoms with Gasteiger partial charge in [-0.2, -0.15) is 0 Å². The molecule has 4 nitrogen and oxygen atoms in total. The summed E-state index contributed by atoms with van der Waals surface area (Å²) in [4.78, 5) is 11.7. The van der Waals surface area contributed by atoms with E-state index in [9.17, 15) is 10.0 Å². The highest BCUT2D eigenvalue weighted by Gasteiger charge is 2.66. The largest absolute Gasteiger partial charge is 0.411 e. The minimum Gasteiger partial charge on any atom is -0.411 e. The number of hydrogen-bond donors (Lipinski definition) is 2. The van der Waals surface area contributed by atoms with E-state index < -0.39 is 0 Å². The zero-order valence-electron chi connectivity index (χ0n) is 17.1. The molecule has 0 aromatic carbocycles. The lowest BCUT2D eigenvalue weighted by atomic mass is 9.40. The van der Waals surface area contributed by atoms with Crippen LogP contribution < -0.4 is 5.32 Å². The Morgan fingerprint density at radius 1 is 1.22 bits per heavy atom. The average molecular weight is 371 g/mol. The first-order chi connectivity index (χ1) is 12.7. The molecule has 2 unspecified atom stereocenters. The highest BCUT2D eigenvalue weighted by Crippen LogP contribution is 2.73. The fourth-order valence-electron chi connectivity index (χ4n) is 8.36. The van der Waals surface area contributed by atoms with Gasteiger partial charge in [-0.3, -0.25) is 4.79 Å². The first-order valence-electron chi connectivity index (χ1n) is 10.7. The van der Waals surface area contributed by atoms with E-state index in [2.05, 4.69) is 37.2 Å². The summed E-state index contributed by atoms with van der Waals surface area (Å²) in [6.07, 6.45) is 15.9. The van der Waals surface area contributed by atoms with Gasteiger partial charge in [0, 0.05) is 12.0 Å². The van der Waals surface area contributed by atoms with Crippen molar-refractivity contribution in [3.05, 3.63) is 0 Å². The van der Waals surface area contributed by atoms with Crippen molar-refractivity contribution in [2.75, 3.05) is 6.54 Å². The van der Waals surface area contributed by atoms with Gasteiger partial charge >= 0.3 is 0 Å². The van der Waals surface area contributed by atoms with Crippen LogP contribution in [0.4, 0.5) is 0 Å². The highest BCUT2D eigenvalue weighted by molar-refractivity contribution is 5.93. The minimum absolute atomic E-state index is 0.104. The Kier molecular flexibility index (Phi) is 4.19. The summed E-state index contributed by atoms with van der Waals surface area (Å²) < 4.78 is 0. The number of amides is 1. The Balaban J connectivity index is 1.64. The third kappa shape index (κ3) is 2.57. The third-order valence-corrected chi connectivity index (χ3v) is 9.41. The summed E-state index contributed by atoms with van der Waals surface area (Å²) in [6.45, 7) is 7.89. The molecule has 148 valence electrons. The molecular formula is C23H34N2O2. The van der Waals surface area contributed by atoms with E-state index >= 15 is 0 Å². The van der Waals surface area contributed by atoms with Gasteiger partial charge in [0.05, 0.1) is 5.71 Å². The molecule has 4 aliphatic rings. The van der Waals surface area contributed by atoms with Crippen LogP contribution in [0.15, 0.2) is 5.16 Å². The predicted octanol–water partition coefficient (Wildman–Crippen LogP) is 4.37. The van der Waals surface area contributed by atoms with Crippen LogP contribution in [0.5, 0.6) is 0 Å². The average Bonchev–Trinajstić information content (AvgIpc) is 2.84. The lowest BCUT2D eigenvalue weighted by molar-refractivity contribution is -0.154. The summed E-state index contributed by atoms with van der Waals surface area (Å²) in [6, 6.07) is 0. The summed E-state index contributed by atoms with van der Waals surface area (Å²) >= 11 is 0. The van der Waals surface area contributed by atoms with Crippen LogP contribution in [0.1, 0.15) is 78.6 Å². The number of carbonyl (C=O) groups excluding carboxylic acids is 1. The van der Waals surface area contributed by atoms with E-state index in [-0.39, 0.29) is 16.7 Å². The van der Waals surface area contributed by atoms with Crippen molar-refractivity contribution in [3.8, 4) is 12.3 Å². The Morgan fingerprint density at radius 2 is 1.96 bits per heavy atom. The van der Waals surface area contributed by atoms with Crippen LogP contribution in [0, 0.1) is 45.8 Å². The number of nitrogens with one attached hydrogen (secondary N) is 1. The molecule has 0 heterocycles. The van der Waals surface area contributed by atoms with Crippen LogP contribution in [0.3, 0.4) is 0 Å². The first kappa shape index (κ1) is 18.8. The molecule has 27 heavy (non-hydrogen) atoms. The van der Waals surface area contributed by atoms with E-state index in [0.29, 0.717) is 29.2 Å². The standard InChI is InChI=1S/C23H34N2O2/c1-5-19(26)24-15-21(3)9-6-10-22(4)16(21)8-12-23-13-18(25-27)20(2,14-23)11-7-17(22)23/h1,16-17,27H,6-15H2,2-4H3,(H,24,26)/b25-18+/t16?,17?,20-,21-,22+,23-/m0/s1. The maximum atomic E-state index is 11.7. The van der Waals surface area contributed by atoms with Gasteiger partial charge in [-0.25, -0.2) is 0 Å². The second kappa shape index (κ2) is 6.00. The van der Waals surface area contributed by atoms with Gasteiger partial charge in [-0.15, -0.1) is 6.42 Å².